The first-order valence-corrected chi connectivity index (χ1v) is 9.87. The van der Waals surface area contributed by atoms with Gasteiger partial charge in [0.2, 0.25) is 15.0 Å². The van der Waals surface area contributed by atoms with Crippen LogP contribution in [0.5, 0.6) is 11.5 Å². The number of aliphatic hydroxyl groups is 1. The van der Waals surface area contributed by atoms with E-state index in [0.717, 1.165) is 23.0 Å². The fourth-order valence-electron chi connectivity index (χ4n) is 2.48. The first kappa shape index (κ1) is 19.8. The smallest absolute Gasteiger partial charge is 0.295 e. The average molecular weight is 411 g/mol. The molecule has 1 atom stereocenters. The molecule has 0 aliphatic carbocycles. The molecule has 2 aromatic heterocycles. The number of halogens is 2. The molecule has 0 saturated heterocycles. The highest BCUT2D eigenvalue weighted by Gasteiger charge is 2.19. The van der Waals surface area contributed by atoms with Gasteiger partial charge in [-0.2, -0.15) is 4.98 Å². The Morgan fingerprint density at radius 2 is 1.96 bits per heavy atom. The molecule has 148 valence electrons. The molecular formula is C17H15F2N3O5S. The van der Waals surface area contributed by atoms with Crippen LogP contribution in [-0.2, 0) is 16.4 Å². The molecule has 0 amide bonds. The lowest BCUT2D eigenvalue weighted by Crippen LogP contribution is -2.27. The SMILES string of the molecule is C[C@@H](O)Cn1c(=O)c(Oc2ccc(F)cc2F)cc2cnc(S(C)(=O)=O)nc21. The molecule has 0 fully saturated rings. The molecule has 3 rings (SSSR count). The molecule has 1 N–H and O–H groups in total. The van der Waals surface area contributed by atoms with Crippen LogP contribution < -0.4 is 10.3 Å². The highest BCUT2D eigenvalue weighted by molar-refractivity contribution is 7.90. The van der Waals surface area contributed by atoms with Crippen molar-refractivity contribution in [3.05, 3.63) is 52.5 Å². The van der Waals surface area contributed by atoms with Crippen molar-refractivity contribution in [1.82, 2.24) is 14.5 Å². The summed E-state index contributed by atoms with van der Waals surface area (Å²) in [6, 6.07) is 3.81. The first-order chi connectivity index (χ1) is 13.1. The van der Waals surface area contributed by atoms with Crippen LogP contribution in [0, 0.1) is 11.6 Å². The molecule has 2 heterocycles. The summed E-state index contributed by atoms with van der Waals surface area (Å²) in [6.45, 7) is 1.20. The van der Waals surface area contributed by atoms with E-state index in [0.29, 0.717) is 6.07 Å². The number of ether oxygens (including phenoxy) is 1. The fraction of sp³-hybridized carbons (Fsp3) is 0.235. The average Bonchev–Trinajstić information content (AvgIpc) is 2.59. The molecule has 8 nitrogen and oxygen atoms in total. The summed E-state index contributed by atoms with van der Waals surface area (Å²) >= 11 is 0. The van der Waals surface area contributed by atoms with Gasteiger partial charge in [0.25, 0.3) is 5.56 Å². The Hall–Kier alpha value is -2.92. The summed E-state index contributed by atoms with van der Waals surface area (Å²) in [7, 11) is -3.74. The molecule has 3 aromatic rings. The van der Waals surface area contributed by atoms with Crippen molar-refractivity contribution in [1.29, 1.82) is 0 Å². The van der Waals surface area contributed by atoms with Crippen LogP contribution in [0.1, 0.15) is 6.92 Å². The van der Waals surface area contributed by atoms with E-state index in [2.05, 4.69) is 9.97 Å². The molecule has 11 heteroatoms. The monoisotopic (exact) mass is 411 g/mol. The number of hydrogen-bond donors (Lipinski definition) is 1. The number of pyridine rings is 1. The number of fused-ring (bicyclic) bond motifs is 1. The summed E-state index contributed by atoms with van der Waals surface area (Å²) in [6.07, 6.45) is 1.11. The van der Waals surface area contributed by atoms with Crippen molar-refractivity contribution in [3.63, 3.8) is 0 Å². The van der Waals surface area contributed by atoms with Gasteiger partial charge in [-0.05, 0) is 25.1 Å². The molecule has 0 bridgehead atoms. The van der Waals surface area contributed by atoms with Crippen LogP contribution in [0.25, 0.3) is 11.0 Å². The minimum atomic E-state index is -3.74. The molecule has 1 aromatic carbocycles. The molecule has 28 heavy (non-hydrogen) atoms. The topological polar surface area (TPSA) is 111 Å². The Kier molecular flexibility index (Phi) is 5.13. The highest BCUT2D eigenvalue weighted by atomic mass is 32.2. The summed E-state index contributed by atoms with van der Waals surface area (Å²) in [5.74, 6) is -2.52. The zero-order chi connectivity index (χ0) is 20.6. The molecule has 0 saturated carbocycles. The van der Waals surface area contributed by atoms with Crippen LogP contribution >= 0.6 is 0 Å². The van der Waals surface area contributed by atoms with Crippen LogP contribution in [0.15, 0.2) is 40.4 Å². The Labute approximate surface area is 158 Å². The van der Waals surface area contributed by atoms with Crippen LogP contribution in [0.2, 0.25) is 0 Å². The molecule has 0 aliphatic heterocycles. The Morgan fingerprint density at radius 1 is 1.25 bits per heavy atom. The largest absolute Gasteiger partial charge is 0.448 e. The summed E-state index contributed by atoms with van der Waals surface area (Å²) in [4.78, 5) is 20.4. The number of sulfone groups is 1. The number of hydrogen-bond acceptors (Lipinski definition) is 7. The molecular weight excluding hydrogens is 396 g/mol. The predicted molar refractivity (Wildman–Crippen MR) is 95.0 cm³/mol. The van der Waals surface area contributed by atoms with Crippen LogP contribution in [-0.4, -0.2) is 40.4 Å². The minimum Gasteiger partial charge on any atom is -0.448 e. The Balaban J connectivity index is 2.22. The van der Waals surface area contributed by atoms with Crippen molar-refractivity contribution in [3.8, 4) is 11.5 Å². The van der Waals surface area contributed by atoms with Gasteiger partial charge in [-0.3, -0.25) is 9.36 Å². The lowest BCUT2D eigenvalue weighted by Gasteiger charge is -2.14. The molecule has 0 unspecified atom stereocenters. The van der Waals surface area contributed by atoms with Crippen molar-refractivity contribution in [2.24, 2.45) is 0 Å². The minimum absolute atomic E-state index is 0.0340. The number of aliphatic hydroxyl groups excluding tert-OH is 1. The van der Waals surface area contributed by atoms with Gasteiger partial charge in [-0.15, -0.1) is 0 Å². The van der Waals surface area contributed by atoms with Crippen molar-refractivity contribution in [2.45, 2.75) is 24.7 Å². The maximum atomic E-state index is 13.9. The van der Waals surface area contributed by atoms with Gasteiger partial charge < -0.3 is 9.84 Å². The summed E-state index contributed by atoms with van der Waals surface area (Å²) in [5.41, 5.74) is -0.816. The third kappa shape index (κ3) is 3.99. The van der Waals surface area contributed by atoms with E-state index in [-0.39, 0.29) is 29.1 Å². The number of aromatic nitrogens is 3. The third-order valence-electron chi connectivity index (χ3n) is 3.66. The Bertz CT molecular complexity index is 1230. The van der Waals surface area contributed by atoms with E-state index < -0.39 is 38.3 Å². The van der Waals surface area contributed by atoms with Gasteiger partial charge in [0.05, 0.1) is 12.6 Å². The Morgan fingerprint density at radius 3 is 2.57 bits per heavy atom. The van der Waals surface area contributed by atoms with Crippen molar-refractivity contribution >= 4 is 20.9 Å². The zero-order valence-electron chi connectivity index (χ0n) is 14.8. The number of rotatable bonds is 5. The molecule has 0 aliphatic rings. The van der Waals surface area contributed by atoms with Gasteiger partial charge >= 0.3 is 0 Å². The van der Waals surface area contributed by atoms with E-state index in [1.807, 2.05) is 0 Å². The van der Waals surface area contributed by atoms with E-state index in [1.165, 1.54) is 19.2 Å². The summed E-state index contributed by atoms with van der Waals surface area (Å²) in [5, 5.41) is 9.45. The van der Waals surface area contributed by atoms with Gasteiger partial charge in [0, 0.05) is 23.9 Å². The second kappa shape index (κ2) is 7.24. The van der Waals surface area contributed by atoms with E-state index in [1.54, 1.807) is 0 Å². The van der Waals surface area contributed by atoms with E-state index in [9.17, 15) is 27.1 Å². The lowest BCUT2D eigenvalue weighted by molar-refractivity contribution is 0.173. The van der Waals surface area contributed by atoms with Gasteiger partial charge in [0.1, 0.15) is 11.5 Å². The second-order valence-corrected chi connectivity index (χ2v) is 8.06. The van der Waals surface area contributed by atoms with Crippen molar-refractivity contribution in [2.75, 3.05) is 6.26 Å². The van der Waals surface area contributed by atoms with Crippen LogP contribution in [0.4, 0.5) is 8.78 Å². The second-order valence-electron chi connectivity index (χ2n) is 6.15. The normalized spacial score (nSPS) is 12.9. The highest BCUT2D eigenvalue weighted by Crippen LogP contribution is 2.25. The van der Waals surface area contributed by atoms with Gasteiger partial charge in [-0.1, -0.05) is 0 Å². The van der Waals surface area contributed by atoms with E-state index in [4.69, 9.17) is 4.74 Å². The number of benzene rings is 1. The molecule has 0 spiro atoms. The maximum Gasteiger partial charge on any atom is 0.295 e. The number of nitrogens with zero attached hydrogens (tertiary/aromatic N) is 3. The van der Waals surface area contributed by atoms with Crippen LogP contribution in [0.3, 0.4) is 0 Å². The standard InChI is InChI=1S/C17H15F2N3O5S/c1-9(23)8-22-15-10(7-20-17(21-15)28(2,25)26)5-14(16(22)24)27-13-4-3-11(18)6-12(13)19/h3-7,9,23H,8H2,1-2H3/t9-/m1/s1. The first-order valence-electron chi connectivity index (χ1n) is 7.98. The third-order valence-corrected chi connectivity index (χ3v) is 4.52. The zero-order valence-corrected chi connectivity index (χ0v) is 15.6. The van der Waals surface area contributed by atoms with Gasteiger partial charge in [-0.25, -0.2) is 22.2 Å². The van der Waals surface area contributed by atoms with Gasteiger partial charge in [0.15, 0.2) is 17.3 Å². The molecule has 0 radical (unpaired) electrons. The van der Waals surface area contributed by atoms with E-state index >= 15 is 0 Å². The fourth-order valence-corrected chi connectivity index (χ4v) is 2.97. The quantitative estimate of drug-likeness (QED) is 0.636. The van der Waals surface area contributed by atoms with Crippen molar-refractivity contribution < 1.29 is 27.0 Å². The maximum absolute atomic E-state index is 13.9. The lowest BCUT2D eigenvalue weighted by atomic mass is 10.3. The summed E-state index contributed by atoms with van der Waals surface area (Å²) < 4.78 is 56.7. The predicted octanol–water partition coefficient (Wildman–Crippen LogP) is 1.65.